The van der Waals surface area contributed by atoms with E-state index in [0.717, 1.165) is 45.1 Å². The van der Waals surface area contributed by atoms with Crippen LogP contribution in [0.15, 0.2) is 0 Å². The molecule has 0 bridgehead atoms. The Labute approximate surface area is 178 Å². The van der Waals surface area contributed by atoms with E-state index in [4.69, 9.17) is 0 Å². The van der Waals surface area contributed by atoms with Crippen molar-refractivity contribution >= 4 is 0 Å². The van der Waals surface area contributed by atoms with Crippen molar-refractivity contribution in [2.45, 2.75) is 90.4 Å². The van der Waals surface area contributed by atoms with Gasteiger partial charge in [-0.15, -0.1) is 0 Å². The molecule has 4 heteroatoms. The summed E-state index contributed by atoms with van der Waals surface area (Å²) in [6.07, 6.45) is 7.25. The van der Waals surface area contributed by atoms with E-state index in [-0.39, 0.29) is 29.1 Å². The monoisotopic (exact) mass is 407 g/mol. The fourth-order valence-corrected chi connectivity index (χ4v) is 8.79. The van der Waals surface area contributed by atoms with Crippen molar-refractivity contribution < 1.29 is 15.3 Å². The Kier molecular flexibility index (Phi) is 5.90. The first-order valence-corrected chi connectivity index (χ1v) is 12.3. The minimum absolute atomic E-state index is 0.0642. The summed E-state index contributed by atoms with van der Waals surface area (Å²) in [6.45, 7) is 8.26. The second-order valence-electron chi connectivity index (χ2n) is 12.1. The van der Waals surface area contributed by atoms with Gasteiger partial charge in [0.1, 0.15) is 0 Å². The molecule has 4 nitrogen and oxygen atoms in total. The van der Waals surface area contributed by atoms with Crippen LogP contribution in [0, 0.1) is 46.3 Å². The fourth-order valence-electron chi connectivity index (χ4n) is 8.79. The predicted molar refractivity (Wildman–Crippen MR) is 116 cm³/mol. The number of aliphatic hydroxyl groups is 3. The highest BCUT2D eigenvalue weighted by molar-refractivity contribution is 5.14. The van der Waals surface area contributed by atoms with Gasteiger partial charge in [0.25, 0.3) is 0 Å². The highest BCUT2D eigenvalue weighted by Gasteiger charge is 2.65. The molecule has 0 unspecified atom stereocenters. The van der Waals surface area contributed by atoms with Gasteiger partial charge in [-0.1, -0.05) is 20.8 Å². The van der Waals surface area contributed by atoms with Crippen LogP contribution in [0.4, 0.5) is 0 Å². The highest BCUT2D eigenvalue weighted by atomic mass is 16.3. The van der Waals surface area contributed by atoms with E-state index in [0.29, 0.717) is 35.5 Å². The Balaban J connectivity index is 1.60. The molecule has 0 aliphatic heterocycles. The third-order valence-electron chi connectivity index (χ3n) is 10.6. The number of hydrogen-bond donors (Lipinski definition) is 3. The van der Waals surface area contributed by atoms with E-state index in [1.807, 2.05) is 0 Å². The molecule has 0 spiro atoms. The van der Waals surface area contributed by atoms with Crippen LogP contribution in [0.3, 0.4) is 0 Å². The van der Waals surface area contributed by atoms with Crippen molar-refractivity contribution in [2.24, 2.45) is 46.3 Å². The number of nitrogens with zero attached hydrogens (tertiary/aromatic N) is 1. The summed E-state index contributed by atoms with van der Waals surface area (Å²) in [5, 5.41) is 33.1. The predicted octanol–water partition coefficient (Wildman–Crippen LogP) is 3.54. The van der Waals surface area contributed by atoms with Gasteiger partial charge in [0.2, 0.25) is 0 Å². The first-order valence-electron chi connectivity index (χ1n) is 12.3. The van der Waals surface area contributed by atoms with Crippen molar-refractivity contribution in [3.63, 3.8) is 0 Å². The highest BCUT2D eigenvalue weighted by Crippen LogP contribution is 2.68. The first kappa shape index (κ1) is 22.0. The Hall–Kier alpha value is -0.160. The van der Waals surface area contributed by atoms with Gasteiger partial charge in [-0.25, -0.2) is 0 Å². The van der Waals surface area contributed by atoms with Crippen LogP contribution >= 0.6 is 0 Å². The van der Waals surface area contributed by atoms with Gasteiger partial charge in [-0.2, -0.15) is 0 Å². The molecule has 4 aliphatic rings. The largest absolute Gasteiger partial charge is 0.393 e. The molecule has 0 saturated heterocycles. The van der Waals surface area contributed by atoms with Gasteiger partial charge < -0.3 is 20.2 Å². The maximum Gasteiger partial charge on any atom is 0.0602 e. The van der Waals surface area contributed by atoms with E-state index >= 15 is 0 Å². The van der Waals surface area contributed by atoms with Crippen LogP contribution in [0.2, 0.25) is 0 Å². The van der Waals surface area contributed by atoms with Gasteiger partial charge in [0.15, 0.2) is 0 Å². The standard InChI is InChI=1S/C25H45NO3/c1-15(9-11-26(4)5)18-6-7-19-23-20(14-22(29)25(18,19)3)24(2)10-8-17(27)12-16(24)13-21(23)28/h15-23,27-29H,6-14H2,1-5H3/t15-,16+,17-,18+,19-,20-,21+,22+,23-,24-,25+/m0/s1. The minimum atomic E-state index is -0.268. The van der Waals surface area contributed by atoms with Crippen LogP contribution in [0.25, 0.3) is 0 Å². The van der Waals surface area contributed by atoms with Crippen molar-refractivity contribution in [1.29, 1.82) is 0 Å². The Morgan fingerprint density at radius 2 is 1.69 bits per heavy atom. The van der Waals surface area contributed by atoms with Gasteiger partial charge >= 0.3 is 0 Å². The first-order chi connectivity index (χ1) is 13.6. The topological polar surface area (TPSA) is 63.9 Å². The molecule has 4 fully saturated rings. The maximum absolute atomic E-state index is 11.6. The molecule has 168 valence electrons. The lowest BCUT2D eigenvalue weighted by molar-refractivity contribution is -0.207. The van der Waals surface area contributed by atoms with Crippen LogP contribution < -0.4 is 0 Å². The Bertz CT molecular complexity index is 597. The summed E-state index contributed by atoms with van der Waals surface area (Å²) in [4.78, 5) is 2.27. The fraction of sp³-hybridized carbons (Fsp3) is 1.00. The molecule has 0 aromatic heterocycles. The second-order valence-corrected chi connectivity index (χ2v) is 12.1. The molecule has 0 radical (unpaired) electrons. The maximum atomic E-state index is 11.6. The summed E-state index contributed by atoms with van der Waals surface area (Å²) in [5.74, 6) is 2.71. The molecule has 0 aromatic carbocycles. The molecular formula is C25H45NO3. The van der Waals surface area contributed by atoms with Crippen LogP contribution in [0.5, 0.6) is 0 Å². The van der Waals surface area contributed by atoms with Crippen LogP contribution in [-0.4, -0.2) is 59.2 Å². The van der Waals surface area contributed by atoms with Crippen molar-refractivity contribution in [3.05, 3.63) is 0 Å². The summed E-state index contributed by atoms with van der Waals surface area (Å²) in [7, 11) is 4.28. The van der Waals surface area contributed by atoms with Gasteiger partial charge in [0.05, 0.1) is 18.3 Å². The number of hydrogen-bond acceptors (Lipinski definition) is 4. The zero-order valence-corrected chi connectivity index (χ0v) is 19.3. The molecule has 0 heterocycles. The van der Waals surface area contributed by atoms with Gasteiger partial charge in [-0.3, -0.25) is 0 Å². The lowest BCUT2D eigenvalue weighted by atomic mass is 9.43. The Morgan fingerprint density at radius 1 is 0.966 bits per heavy atom. The van der Waals surface area contributed by atoms with E-state index in [1.165, 1.54) is 12.8 Å². The molecule has 4 saturated carbocycles. The van der Waals surface area contributed by atoms with Gasteiger partial charge in [-0.05, 0) is 118 Å². The molecule has 11 atom stereocenters. The van der Waals surface area contributed by atoms with E-state index in [9.17, 15) is 15.3 Å². The van der Waals surface area contributed by atoms with E-state index in [2.05, 4.69) is 39.8 Å². The van der Waals surface area contributed by atoms with Crippen LogP contribution in [-0.2, 0) is 0 Å². The number of fused-ring (bicyclic) bond motifs is 5. The van der Waals surface area contributed by atoms with Crippen molar-refractivity contribution in [3.8, 4) is 0 Å². The molecule has 4 rings (SSSR count). The number of aliphatic hydroxyl groups excluding tert-OH is 3. The molecule has 29 heavy (non-hydrogen) atoms. The smallest absolute Gasteiger partial charge is 0.0602 e. The summed E-state index contributed by atoms with van der Waals surface area (Å²) in [6, 6.07) is 0. The third kappa shape index (κ3) is 3.41. The van der Waals surface area contributed by atoms with Crippen molar-refractivity contribution in [2.75, 3.05) is 20.6 Å². The lowest BCUT2D eigenvalue weighted by Gasteiger charge is -2.63. The number of rotatable bonds is 4. The normalized spacial score (nSPS) is 53.3. The SMILES string of the molecule is C[C@@H](CCN(C)C)[C@H]1CC[C@H]2[C@@H]3[C@H](O)C[C@H]4C[C@@H](O)CC[C@]4(C)[C@H]3C[C@@H](O)[C@]12C. The van der Waals surface area contributed by atoms with Gasteiger partial charge in [0, 0.05) is 0 Å². The van der Waals surface area contributed by atoms with E-state index in [1.54, 1.807) is 0 Å². The van der Waals surface area contributed by atoms with Crippen molar-refractivity contribution in [1.82, 2.24) is 4.90 Å². The molecule has 3 N–H and O–H groups in total. The van der Waals surface area contributed by atoms with Crippen LogP contribution in [0.1, 0.15) is 72.1 Å². The quantitative estimate of drug-likeness (QED) is 0.667. The minimum Gasteiger partial charge on any atom is -0.393 e. The van der Waals surface area contributed by atoms with E-state index < -0.39 is 0 Å². The average Bonchev–Trinajstić information content (AvgIpc) is 3.01. The summed E-state index contributed by atoms with van der Waals surface area (Å²) >= 11 is 0. The zero-order chi connectivity index (χ0) is 21.1. The lowest BCUT2D eigenvalue weighted by Crippen LogP contribution is -2.62. The summed E-state index contributed by atoms with van der Waals surface area (Å²) < 4.78 is 0. The third-order valence-corrected chi connectivity index (χ3v) is 10.6. The molecule has 0 amide bonds. The molecule has 4 aliphatic carbocycles. The Morgan fingerprint density at radius 3 is 2.38 bits per heavy atom. The summed E-state index contributed by atoms with van der Waals surface area (Å²) in [5.41, 5.74) is 0.102. The zero-order valence-electron chi connectivity index (χ0n) is 19.3. The molecule has 0 aromatic rings. The second kappa shape index (κ2) is 7.76. The molecular weight excluding hydrogens is 362 g/mol. The average molecular weight is 408 g/mol.